The number of hydrogen-bond acceptors (Lipinski definition) is 2. The monoisotopic (exact) mass is 289 g/mol. The molecular formula is C10H12BrNO2S. The second-order valence-corrected chi connectivity index (χ2v) is 6.05. The zero-order valence-corrected chi connectivity index (χ0v) is 10.8. The molecule has 1 N–H and O–H groups in total. The Bertz CT molecular complexity index is 391. The Morgan fingerprint density at radius 3 is 3.13 bits per heavy atom. The summed E-state index contributed by atoms with van der Waals surface area (Å²) < 4.78 is 1.10. The van der Waals surface area contributed by atoms with Gasteiger partial charge >= 0.3 is 6.09 Å². The molecule has 1 aliphatic rings. The summed E-state index contributed by atoms with van der Waals surface area (Å²) in [7, 11) is 0. The first-order valence-electron chi connectivity index (χ1n) is 4.91. The van der Waals surface area contributed by atoms with Crippen LogP contribution in [0.5, 0.6) is 0 Å². The second kappa shape index (κ2) is 4.14. The van der Waals surface area contributed by atoms with Gasteiger partial charge in [-0.1, -0.05) is 6.92 Å². The van der Waals surface area contributed by atoms with Crippen LogP contribution in [0.15, 0.2) is 9.85 Å². The fourth-order valence-electron chi connectivity index (χ4n) is 2.06. The molecule has 3 nitrogen and oxygen atoms in total. The van der Waals surface area contributed by atoms with Gasteiger partial charge < -0.3 is 10.0 Å². The lowest BCUT2D eigenvalue weighted by Gasteiger charge is -2.32. The van der Waals surface area contributed by atoms with Crippen LogP contribution in [-0.2, 0) is 6.42 Å². The molecule has 1 aromatic heterocycles. The van der Waals surface area contributed by atoms with Crippen LogP contribution in [0, 0.1) is 0 Å². The number of hydrogen-bond donors (Lipinski definition) is 1. The molecule has 0 radical (unpaired) electrons. The van der Waals surface area contributed by atoms with Gasteiger partial charge in [-0.3, -0.25) is 0 Å². The highest BCUT2D eigenvalue weighted by Crippen LogP contribution is 2.39. The van der Waals surface area contributed by atoms with Crippen molar-refractivity contribution in [3.05, 3.63) is 20.3 Å². The van der Waals surface area contributed by atoms with Crippen LogP contribution in [0.1, 0.15) is 29.8 Å². The molecule has 1 atom stereocenters. The van der Waals surface area contributed by atoms with Gasteiger partial charge in [0.15, 0.2) is 0 Å². The van der Waals surface area contributed by atoms with E-state index in [1.165, 1.54) is 10.4 Å². The summed E-state index contributed by atoms with van der Waals surface area (Å²) in [5.74, 6) is 0. The lowest BCUT2D eigenvalue weighted by molar-refractivity contribution is 0.120. The molecular weight excluding hydrogens is 278 g/mol. The number of fused-ring (bicyclic) bond motifs is 1. The first-order valence-corrected chi connectivity index (χ1v) is 6.52. The molecule has 2 heterocycles. The van der Waals surface area contributed by atoms with Crippen molar-refractivity contribution in [2.45, 2.75) is 25.8 Å². The average Bonchev–Trinajstić information content (AvgIpc) is 2.55. The minimum Gasteiger partial charge on any atom is -0.465 e. The van der Waals surface area contributed by atoms with E-state index in [9.17, 15) is 4.79 Å². The van der Waals surface area contributed by atoms with E-state index in [1.807, 2.05) is 6.92 Å². The van der Waals surface area contributed by atoms with Gasteiger partial charge in [0.2, 0.25) is 0 Å². The summed E-state index contributed by atoms with van der Waals surface area (Å²) in [6.45, 7) is 2.65. The first-order chi connectivity index (χ1) is 7.13. The van der Waals surface area contributed by atoms with E-state index in [-0.39, 0.29) is 6.04 Å². The molecule has 0 bridgehead atoms. The maximum Gasteiger partial charge on any atom is 0.407 e. The molecule has 1 unspecified atom stereocenters. The molecule has 0 spiro atoms. The van der Waals surface area contributed by atoms with Crippen molar-refractivity contribution in [2.24, 2.45) is 0 Å². The van der Waals surface area contributed by atoms with Gasteiger partial charge in [-0.25, -0.2) is 4.79 Å². The molecule has 5 heteroatoms. The van der Waals surface area contributed by atoms with Crippen molar-refractivity contribution in [2.75, 3.05) is 6.54 Å². The largest absolute Gasteiger partial charge is 0.465 e. The molecule has 2 rings (SSSR count). The van der Waals surface area contributed by atoms with Gasteiger partial charge in [-0.05, 0) is 40.4 Å². The van der Waals surface area contributed by atoms with Crippen LogP contribution >= 0.6 is 27.3 Å². The van der Waals surface area contributed by atoms with Gasteiger partial charge in [-0.15, -0.1) is 11.3 Å². The molecule has 0 fully saturated rings. The van der Waals surface area contributed by atoms with Crippen LogP contribution in [0.2, 0.25) is 0 Å². The van der Waals surface area contributed by atoms with Crippen LogP contribution < -0.4 is 0 Å². The van der Waals surface area contributed by atoms with Crippen molar-refractivity contribution < 1.29 is 9.90 Å². The number of nitrogens with zero attached hydrogens (tertiary/aromatic N) is 1. The average molecular weight is 290 g/mol. The highest BCUT2D eigenvalue weighted by atomic mass is 79.9. The number of thiophene rings is 1. The normalized spacial score (nSPS) is 20.1. The molecule has 82 valence electrons. The van der Waals surface area contributed by atoms with Crippen LogP contribution in [0.4, 0.5) is 4.79 Å². The second-order valence-electron chi connectivity index (χ2n) is 3.59. The lowest BCUT2D eigenvalue weighted by Crippen LogP contribution is -2.38. The Hall–Kier alpha value is -0.550. The third-order valence-electron chi connectivity index (χ3n) is 2.74. The number of amides is 1. The standard InChI is InChI=1S/C10H12BrNO2S/c1-2-7-9-6(5-8(11)15-9)3-4-12(7)10(13)14/h5,7H,2-4H2,1H3,(H,13,14). The number of rotatable bonds is 1. The maximum absolute atomic E-state index is 11.1. The summed E-state index contributed by atoms with van der Waals surface area (Å²) in [5.41, 5.74) is 1.30. The minimum atomic E-state index is -0.808. The van der Waals surface area contributed by atoms with E-state index < -0.39 is 6.09 Å². The molecule has 1 aliphatic heterocycles. The predicted molar refractivity (Wildman–Crippen MR) is 63.5 cm³/mol. The number of halogens is 1. The van der Waals surface area contributed by atoms with Crippen molar-refractivity contribution >= 4 is 33.4 Å². The molecule has 15 heavy (non-hydrogen) atoms. The molecule has 1 aromatic rings. The third-order valence-corrected chi connectivity index (χ3v) is 4.53. The van der Waals surface area contributed by atoms with E-state index in [1.54, 1.807) is 16.2 Å². The lowest BCUT2D eigenvalue weighted by atomic mass is 10.0. The van der Waals surface area contributed by atoms with E-state index in [0.717, 1.165) is 16.6 Å². The van der Waals surface area contributed by atoms with E-state index >= 15 is 0 Å². The first kappa shape index (κ1) is 11.0. The smallest absolute Gasteiger partial charge is 0.407 e. The SMILES string of the molecule is CCC1c2sc(Br)cc2CCN1C(=O)O. The minimum absolute atomic E-state index is 0.0440. The Morgan fingerprint density at radius 2 is 2.53 bits per heavy atom. The summed E-state index contributed by atoms with van der Waals surface area (Å²) in [5, 5.41) is 9.09. The van der Waals surface area contributed by atoms with Gasteiger partial charge in [0.05, 0.1) is 9.83 Å². The fraction of sp³-hybridized carbons (Fsp3) is 0.500. The molecule has 0 aromatic carbocycles. The molecule has 0 saturated heterocycles. The van der Waals surface area contributed by atoms with Crippen molar-refractivity contribution in [1.82, 2.24) is 4.90 Å². The highest BCUT2D eigenvalue weighted by Gasteiger charge is 2.30. The fourth-order valence-corrected chi connectivity index (χ4v) is 3.99. The Kier molecular flexibility index (Phi) is 3.02. The molecule has 1 amide bonds. The number of carboxylic acid groups (broad SMARTS) is 1. The Balaban J connectivity index is 2.38. The maximum atomic E-state index is 11.1. The van der Waals surface area contributed by atoms with Gasteiger partial charge in [0, 0.05) is 11.4 Å². The van der Waals surface area contributed by atoms with E-state index in [4.69, 9.17) is 5.11 Å². The van der Waals surface area contributed by atoms with Gasteiger partial charge in [-0.2, -0.15) is 0 Å². The van der Waals surface area contributed by atoms with Crippen molar-refractivity contribution in [3.63, 3.8) is 0 Å². The third kappa shape index (κ3) is 1.90. The summed E-state index contributed by atoms with van der Waals surface area (Å²) in [6.07, 6.45) is 0.865. The zero-order valence-electron chi connectivity index (χ0n) is 8.36. The summed E-state index contributed by atoms with van der Waals surface area (Å²) in [6, 6.07) is 2.16. The summed E-state index contributed by atoms with van der Waals surface area (Å²) >= 11 is 5.11. The Morgan fingerprint density at radius 1 is 1.80 bits per heavy atom. The summed E-state index contributed by atoms with van der Waals surface area (Å²) in [4.78, 5) is 13.8. The van der Waals surface area contributed by atoms with E-state index in [0.29, 0.717) is 6.54 Å². The topological polar surface area (TPSA) is 40.5 Å². The van der Waals surface area contributed by atoms with Crippen LogP contribution in [0.3, 0.4) is 0 Å². The van der Waals surface area contributed by atoms with Gasteiger partial charge in [0.25, 0.3) is 0 Å². The van der Waals surface area contributed by atoms with Crippen molar-refractivity contribution in [3.8, 4) is 0 Å². The van der Waals surface area contributed by atoms with Crippen molar-refractivity contribution in [1.29, 1.82) is 0 Å². The predicted octanol–water partition coefficient (Wildman–Crippen LogP) is 3.50. The van der Waals surface area contributed by atoms with Crippen LogP contribution in [0.25, 0.3) is 0 Å². The number of carbonyl (C=O) groups is 1. The van der Waals surface area contributed by atoms with E-state index in [2.05, 4.69) is 22.0 Å². The quantitative estimate of drug-likeness (QED) is 0.860. The molecule has 0 saturated carbocycles. The Labute approximate surface area is 101 Å². The molecule has 0 aliphatic carbocycles. The highest BCUT2D eigenvalue weighted by molar-refractivity contribution is 9.11. The van der Waals surface area contributed by atoms with Gasteiger partial charge in [0.1, 0.15) is 0 Å². The van der Waals surface area contributed by atoms with Crippen LogP contribution in [-0.4, -0.2) is 22.6 Å². The zero-order chi connectivity index (χ0) is 11.0.